The molecule has 188 valence electrons. The van der Waals surface area contributed by atoms with Gasteiger partial charge in [-0.1, -0.05) is 6.92 Å². The number of unbranched alkanes of at least 4 members (excludes halogenated alkanes) is 1. The van der Waals surface area contributed by atoms with Gasteiger partial charge in [-0.25, -0.2) is 9.97 Å². The number of alkyl halides is 3. The molecule has 3 N–H and O–H groups in total. The zero-order valence-corrected chi connectivity index (χ0v) is 19.4. The van der Waals surface area contributed by atoms with Gasteiger partial charge in [0.1, 0.15) is 16.9 Å². The highest BCUT2D eigenvalue weighted by molar-refractivity contribution is 5.90. The van der Waals surface area contributed by atoms with E-state index in [4.69, 9.17) is 15.7 Å². The number of amides is 1. The van der Waals surface area contributed by atoms with Crippen LogP contribution in [0.4, 0.5) is 30.8 Å². The number of nitrogens with one attached hydrogen (secondary N) is 1. The Labute approximate surface area is 200 Å². The number of rotatable bonds is 9. The molecule has 3 aromatic heterocycles. The minimum absolute atomic E-state index is 0.000455. The van der Waals surface area contributed by atoms with E-state index in [1.54, 1.807) is 17.1 Å². The summed E-state index contributed by atoms with van der Waals surface area (Å²) in [4.78, 5) is 31.6. The maximum atomic E-state index is 12.6. The number of carbonyl (C=O) groups excluding carboxylic acids is 1. The lowest BCUT2D eigenvalue weighted by molar-refractivity contribution is -0.135. The summed E-state index contributed by atoms with van der Waals surface area (Å²) in [6.45, 7) is 3.32. The minimum Gasteiger partial charge on any atom is -0.369 e. The minimum atomic E-state index is -4.19. The highest BCUT2D eigenvalue weighted by atomic mass is 19.4. The zero-order chi connectivity index (χ0) is 25.0. The molecule has 1 unspecified atom stereocenters. The largest absolute Gasteiger partial charge is 0.389 e. The van der Waals surface area contributed by atoms with Crippen LogP contribution in [0.15, 0.2) is 18.6 Å². The van der Waals surface area contributed by atoms with Crippen molar-refractivity contribution in [1.82, 2.24) is 29.7 Å². The predicted molar refractivity (Wildman–Crippen MR) is 124 cm³/mol. The Morgan fingerprint density at radius 2 is 2.09 bits per heavy atom. The number of hydrogen-bond donors (Lipinski definition) is 2. The third-order valence-corrected chi connectivity index (χ3v) is 5.98. The van der Waals surface area contributed by atoms with Gasteiger partial charge in [0.2, 0.25) is 11.9 Å². The fourth-order valence-corrected chi connectivity index (χ4v) is 4.22. The summed E-state index contributed by atoms with van der Waals surface area (Å²) in [7, 11) is 0. The number of carbonyl (C=O) groups is 1. The van der Waals surface area contributed by atoms with E-state index >= 15 is 0 Å². The molecule has 0 aliphatic carbocycles. The van der Waals surface area contributed by atoms with Crippen LogP contribution in [-0.2, 0) is 17.8 Å². The number of fused-ring (bicyclic) bond motifs is 1. The van der Waals surface area contributed by atoms with E-state index in [-0.39, 0.29) is 24.8 Å². The van der Waals surface area contributed by atoms with Gasteiger partial charge < -0.3 is 16.0 Å². The van der Waals surface area contributed by atoms with Gasteiger partial charge in [0.25, 0.3) is 0 Å². The number of aromatic nitrogens is 6. The fraction of sp³-hybridized carbons (Fsp3) is 0.545. The summed E-state index contributed by atoms with van der Waals surface area (Å²) >= 11 is 0. The van der Waals surface area contributed by atoms with Gasteiger partial charge in [0.15, 0.2) is 5.82 Å². The Bertz CT molecular complexity index is 1170. The molecule has 1 fully saturated rings. The smallest absolute Gasteiger partial charge is 0.369 e. The van der Waals surface area contributed by atoms with Crippen LogP contribution in [0.2, 0.25) is 0 Å². The van der Waals surface area contributed by atoms with Gasteiger partial charge in [-0.2, -0.15) is 23.3 Å². The molecular weight excluding hydrogens is 463 g/mol. The van der Waals surface area contributed by atoms with Crippen molar-refractivity contribution in [2.45, 2.75) is 58.2 Å². The van der Waals surface area contributed by atoms with E-state index in [1.807, 2.05) is 11.8 Å². The number of halogens is 3. The van der Waals surface area contributed by atoms with Crippen LogP contribution in [0.25, 0.3) is 11.0 Å². The van der Waals surface area contributed by atoms with Crippen molar-refractivity contribution in [2.75, 3.05) is 23.3 Å². The molecule has 1 aliphatic rings. The van der Waals surface area contributed by atoms with Crippen molar-refractivity contribution < 1.29 is 18.0 Å². The monoisotopic (exact) mass is 491 g/mol. The van der Waals surface area contributed by atoms with Crippen LogP contribution in [-0.4, -0.2) is 54.9 Å². The van der Waals surface area contributed by atoms with Gasteiger partial charge >= 0.3 is 6.18 Å². The number of primary amides is 1. The predicted octanol–water partition coefficient (Wildman–Crippen LogP) is 3.36. The average molecular weight is 492 g/mol. The Morgan fingerprint density at radius 1 is 1.26 bits per heavy atom. The number of aryl methyl sites for hydroxylation is 2. The van der Waals surface area contributed by atoms with E-state index in [9.17, 15) is 18.0 Å². The number of nitrogens with zero attached hydrogens (tertiary/aromatic N) is 7. The van der Waals surface area contributed by atoms with Gasteiger partial charge in [-0.05, 0) is 32.1 Å². The molecule has 0 aromatic carbocycles. The molecule has 0 radical (unpaired) electrons. The zero-order valence-electron chi connectivity index (χ0n) is 19.4. The van der Waals surface area contributed by atoms with Gasteiger partial charge in [-0.3, -0.25) is 14.5 Å². The lowest BCUT2D eigenvalue weighted by Gasteiger charge is -2.31. The highest BCUT2D eigenvalue weighted by Crippen LogP contribution is 2.31. The second-order valence-electron chi connectivity index (χ2n) is 8.57. The summed E-state index contributed by atoms with van der Waals surface area (Å²) in [6, 6.07) is 0. The Morgan fingerprint density at radius 3 is 2.77 bits per heavy atom. The lowest BCUT2D eigenvalue weighted by atomic mass is 9.98. The summed E-state index contributed by atoms with van der Waals surface area (Å²) in [5, 5.41) is 7.81. The third-order valence-electron chi connectivity index (χ3n) is 5.98. The quantitative estimate of drug-likeness (QED) is 0.436. The summed E-state index contributed by atoms with van der Waals surface area (Å²) < 4.78 is 39.5. The summed E-state index contributed by atoms with van der Waals surface area (Å²) in [5.74, 6) is 0.668. The molecule has 1 aliphatic heterocycles. The third kappa shape index (κ3) is 5.95. The van der Waals surface area contributed by atoms with Crippen molar-refractivity contribution in [3.63, 3.8) is 0 Å². The van der Waals surface area contributed by atoms with Gasteiger partial charge in [0, 0.05) is 38.4 Å². The van der Waals surface area contributed by atoms with Crippen molar-refractivity contribution in [3.05, 3.63) is 24.3 Å². The van der Waals surface area contributed by atoms with Crippen molar-refractivity contribution in [1.29, 1.82) is 0 Å². The van der Waals surface area contributed by atoms with Crippen LogP contribution in [0, 0.1) is 5.92 Å². The fourth-order valence-electron chi connectivity index (χ4n) is 4.22. The molecular formula is C22H28F3N9O. The van der Waals surface area contributed by atoms with Crippen molar-refractivity contribution >= 4 is 34.5 Å². The Kier molecular flexibility index (Phi) is 7.31. The SMILES string of the molecule is CCc1nn(CCCCC(F)(F)F)c2c(Nc3cnccn3)nc(N3CCCC(C(N)=O)C3)nc12. The van der Waals surface area contributed by atoms with Crippen LogP contribution < -0.4 is 16.0 Å². The highest BCUT2D eigenvalue weighted by Gasteiger charge is 2.28. The Balaban J connectivity index is 1.72. The maximum absolute atomic E-state index is 12.6. The number of anilines is 3. The number of nitrogens with two attached hydrogens (primary N) is 1. The van der Waals surface area contributed by atoms with Crippen molar-refractivity contribution in [3.8, 4) is 0 Å². The van der Waals surface area contributed by atoms with E-state index in [0.717, 1.165) is 12.8 Å². The number of hydrogen-bond acceptors (Lipinski definition) is 8. The molecule has 4 heterocycles. The van der Waals surface area contributed by atoms with Gasteiger partial charge in [0.05, 0.1) is 17.8 Å². The molecule has 35 heavy (non-hydrogen) atoms. The van der Waals surface area contributed by atoms with E-state index < -0.39 is 12.6 Å². The molecule has 0 saturated carbocycles. The van der Waals surface area contributed by atoms with Crippen LogP contribution in [0.3, 0.4) is 0 Å². The first-order valence-corrected chi connectivity index (χ1v) is 11.7. The molecule has 0 bridgehead atoms. The summed E-state index contributed by atoms with van der Waals surface area (Å²) in [6.07, 6.45) is 1.98. The molecule has 4 rings (SSSR count). The van der Waals surface area contributed by atoms with E-state index in [0.29, 0.717) is 60.2 Å². The second kappa shape index (κ2) is 10.4. The first-order chi connectivity index (χ1) is 16.7. The van der Waals surface area contributed by atoms with Crippen LogP contribution in [0.5, 0.6) is 0 Å². The van der Waals surface area contributed by atoms with Crippen LogP contribution in [0.1, 0.15) is 44.7 Å². The number of piperidine rings is 1. The molecule has 10 nitrogen and oxygen atoms in total. The normalized spacial score (nSPS) is 16.6. The van der Waals surface area contributed by atoms with E-state index in [2.05, 4.69) is 20.4 Å². The first-order valence-electron chi connectivity index (χ1n) is 11.7. The molecule has 1 amide bonds. The standard InChI is InChI=1S/C22H28F3N9O/c1-2-15-17-18(34(32-15)11-4-3-7-22(23,24)25)20(29-16-12-27-8-9-28-16)31-21(30-17)33-10-5-6-14(13-33)19(26)35/h8-9,12,14H,2-7,10-11,13H2,1H3,(H2,26,35)(H,28,29,30,31). The van der Waals surface area contributed by atoms with E-state index in [1.165, 1.54) is 6.20 Å². The summed E-state index contributed by atoms with van der Waals surface area (Å²) in [5.41, 5.74) is 7.46. The second-order valence-corrected chi connectivity index (χ2v) is 8.57. The average Bonchev–Trinajstić information content (AvgIpc) is 3.20. The molecule has 0 spiro atoms. The molecule has 3 aromatic rings. The Hall–Kier alpha value is -3.51. The maximum Gasteiger partial charge on any atom is 0.389 e. The van der Waals surface area contributed by atoms with Crippen molar-refractivity contribution in [2.24, 2.45) is 11.7 Å². The molecule has 1 atom stereocenters. The lowest BCUT2D eigenvalue weighted by Crippen LogP contribution is -2.42. The van der Waals surface area contributed by atoms with Gasteiger partial charge in [-0.15, -0.1) is 0 Å². The van der Waals surface area contributed by atoms with Crippen LogP contribution >= 0.6 is 0 Å². The molecule has 1 saturated heterocycles. The topological polar surface area (TPSA) is 128 Å². The first kappa shape index (κ1) is 24.6. The molecule has 13 heteroatoms.